The van der Waals surface area contributed by atoms with Gasteiger partial charge in [-0.3, -0.25) is 4.79 Å². The molecule has 0 atom stereocenters. The minimum atomic E-state index is -0.197. The van der Waals surface area contributed by atoms with Crippen LogP contribution in [0.4, 0.5) is 23.1 Å². The molecule has 1 heterocycles. The number of carbonyl (C=O) groups is 1. The molecule has 0 aliphatic rings. The summed E-state index contributed by atoms with van der Waals surface area (Å²) in [5.41, 5.74) is 2.93. The molecule has 0 saturated heterocycles. The van der Waals surface area contributed by atoms with Crippen molar-refractivity contribution in [3.8, 4) is 5.75 Å². The maximum absolute atomic E-state index is 12.4. The van der Waals surface area contributed by atoms with Crippen LogP contribution >= 0.6 is 0 Å². The summed E-state index contributed by atoms with van der Waals surface area (Å²) in [5.74, 6) is 1.80. The SMILES string of the molecule is COc1cccc(C(=O)Nc2ccc(Nc3nc(C)cc(N(C)C)n3)cc2)c1. The molecule has 0 saturated carbocycles. The minimum Gasteiger partial charge on any atom is -0.497 e. The second-order valence-electron chi connectivity index (χ2n) is 6.47. The van der Waals surface area contributed by atoms with Crippen LogP contribution in [0.5, 0.6) is 5.75 Å². The topological polar surface area (TPSA) is 79.4 Å². The van der Waals surface area contributed by atoms with Crippen molar-refractivity contribution in [2.24, 2.45) is 0 Å². The van der Waals surface area contributed by atoms with Crippen LogP contribution < -0.4 is 20.3 Å². The lowest BCUT2D eigenvalue weighted by Crippen LogP contribution is -2.13. The van der Waals surface area contributed by atoms with Gasteiger partial charge >= 0.3 is 0 Å². The van der Waals surface area contributed by atoms with Crippen molar-refractivity contribution in [2.45, 2.75) is 6.92 Å². The molecular formula is C21H23N5O2. The third-order valence-electron chi connectivity index (χ3n) is 4.03. The van der Waals surface area contributed by atoms with Crippen LogP contribution in [-0.4, -0.2) is 37.1 Å². The number of hydrogen-bond donors (Lipinski definition) is 2. The second-order valence-corrected chi connectivity index (χ2v) is 6.47. The van der Waals surface area contributed by atoms with Crippen LogP contribution in [0.15, 0.2) is 54.6 Å². The van der Waals surface area contributed by atoms with Crippen LogP contribution in [-0.2, 0) is 0 Å². The Hall–Kier alpha value is -3.61. The fourth-order valence-corrected chi connectivity index (χ4v) is 2.57. The fourth-order valence-electron chi connectivity index (χ4n) is 2.57. The van der Waals surface area contributed by atoms with Gasteiger partial charge in [0, 0.05) is 42.8 Å². The van der Waals surface area contributed by atoms with Crippen LogP contribution in [0, 0.1) is 6.92 Å². The maximum atomic E-state index is 12.4. The van der Waals surface area contributed by atoms with E-state index in [0.717, 1.165) is 17.2 Å². The highest BCUT2D eigenvalue weighted by Gasteiger charge is 2.08. The van der Waals surface area contributed by atoms with E-state index < -0.39 is 0 Å². The first-order chi connectivity index (χ1) is 13.4. The number of methoxy groups -OCH3 is 1. The zero-order valence-electron chi connectivity index (χ0n) is 16.4. The zero-order valence-corrected chi connectivity index (χ0v) is 16.4. The Labute approximate surface area is 164 Å². The lowest BCUT2D eigenvalue weighted by Gasteiger charge is -2.14. The number of nitrogens with one attached hydrogen (secondary N) is 2. The summed E-state index contributed by atoms with van der Waals surface area (Å²) in [4.78, 5) is 23.2. The first-order valence-corrected chi connectivity index (χ1v) is 8.80. The number of ether oxygens (including phenoxy) is 1. The molecule has 1 amide bonds. The molecule has 3 aromatic rings. The molecule has 0 radical (unpaired) electrons. The molecule has 7 heteroatoms. The molecule has 3 rings (SSSR count). The van der Waals surface area contributed by atoms with Crippen molar-refractivity contribution in [3.05, 3.63) is 65.9 Å². The van der Waals surface area contributed by atoms with Gasteiger partial charge in [-0.15, -0.1) is 0 Å². The van der Waals surface area contributed by atoms with Gasteiger partial charge < -0.3 is 20.3 Å². The summed E-state index contributed by atoms with van der Waals surface area (Å²) in [6, 6.07) is 16.3. The standard InChI is InChI=1S/C21H23N5O2/c1-14-12-19(26(2)3)25-21(22-14)24-17-10-8-16(9-11-17)23-20(27)15-6-5-7-18(13-15)28-4/h5-13H,1-4H3,(H,23,27)(H,22,24,25). The molecule has 0 aliphatic carbocycles. The Balaban J connectivity index is 1.69. The van der Waals surface area contributed by atoms with Gasteiger partial charge in [0.1, 0.15) is 11.6 Å². The van der Waals surface area contributed by atoms with Gasteiger partial charge in [0.2, 0.25) is 5.95 Å². The van der Waals surface area contributed by atoms with Gasteiger partial charge in [0.25, 0.3) is 5.91 Å². The Morgan fingerprint density at radius 1 is 1.00 bits per heavy atom. The third kappa shape index (κ3) is 4.76. The molecule has 0 unspecified atom stereocenters. The second kappa shape index (κ2) is 8.39. The molecular weight excluding hydrogens is 354 g/mol. The number of anilines is 4. The van der Waals surface area contributed by atoms with Crippen molar-refractivity contribution < 1.29 is 9.53 Å². The predicted molar refractivity (Wildman–Crippen MR) is 112 cm³/mol. The molecule has 1 aromatic heterocycles. The van der Waals surface area contributed by atoms with Crippen LogP contribution in [0.3, 0.4) is 0 Å². The monoisotopic (exact) mass is 377 g/mol. The van der Waals surface area contributed by atoms with Crippen LogP contribution in [0.1, 0.15) is 16.1 Å². The summed E-state index contributed by atoms with van der Waals surface area (Å²) in [6.07, 6.45) is 0. The average molecular weight is 377 g/mol. The number of nitrogens with zero attached hydrogens (tertiary/aromatic N) is 3. The van der Waals surface area contributed by atoms with E-state index >= 15 is 0 Å². The number of rotatable bonds is 6. The average Bonchev–Trinajstić information content (AvgIpc) is 2.69. The number of aromatic nitrogens is 2. The van der Waals surface area contributed by atoms with E-state index in [1.165, 1.54) is 0 Å². The van der Waals surface area contributed by atoms with Crippen molar-refractivity contribution in [3.63, 3.8) is 0 Å². The first-order valence-electron chi connectivity index (χ1n) is 8.80. The summed E-state index contributed by atoms with van der Waals surface area (Å²) in [6.45, 7) is 1.93. The summed E-state index contributed by atoms with van der Waals surface area (Å²) in [5, 5.41) is 6.06. The fraction of sp³-hybridized carbons (Fsp3) is 0.190. The highest BCUT2D eigenvalue weighted by Crippen LogP contribution is 2.20. The Bertz CT molecular complexity index is 971. The Morgan fingerprint density at radius 2 is 1.71 bits per heavy atom. The summed E-state index contributed by atoms with van der Waals surface area (Å²) in [7, 11) is 5.44. The lowest BCUT2D eigenvalue weighted by molar-refractivity contribution is 0.102. The molecule has 2 aromatic carbocycles. The maximum Gasteiger partial charge on any atom is 0.255 e. The molecule has 144 valence electrons. The van der Waals surface area contributed by atoms with E-state index in [2.05, 4.69) is 20.6 Å². The van der Waals surface area contributed by atoms with Gasteiger partial charge in [-0.2, -0.15) is 4.98 Å². The van der Waals surface area contributed by atoms with Gasteiger partial charge in [-0.05, 0) is 49.4 Å². The van der Waals surface area contributed by atoms with E-state index in [9.17, 15) is 4.79 Å². The number of benzene rings is 2. The van der Waals surface area contributed by atoms with Gasteiger partial charge in [-0.25, -0.2) is 4.98 Å². The van der Waals surface area contributed by atoms with Gasteiger partial charge in [0.05, 0.1) is 7.11 Å². The molecule has 7 nitrogen and oxygen atoms in total. The number of carbonyl (C=O) groups excluding carboxylic acids is 1. The highest BCUT2D eigenvalue weighted by molar-refractivity contribution is 6.04. The highest BCUT2D eigenvalue weighted by atomic mass is 16.5. The van der Waals surface area contributed by atoms with Crippen molar-refractivity contribution >= 4 is 29.0 Å². The van der Waals surface area contributed by atoms with E-state index in [4.69, 9.17) is 4.74 Å². The Morgan fingerprint density at radius 3 is 2.39 bits per heavy atom. The molecule has 0 aliphatic heterocycles. The minimum absolute atomic E-state index is 0.197. The number of hydrogen-bond acceptors (Lipinski definition) is 6. The van der Waals surface area contributed by atoms with E-state index in [0.29, 0.717) is 22.9 Å². The zero-order chi connectivity index (χ0) is 20.1. The molecule has 0 bridgehead atoms. The smallest absolute Gasteiger partial charge is 0.255 e. The third-order valence-corrected chi connectivity index (χ3v) is 4.03. The van der Waals surface area contributed by atoms with Crippen molar-refractivity contribution in [2.75, 3.05) is 36.7 Å². The van der Waals surface area contributed by atoms with Crippen LogP contribution in [0.25, 0.3) is 0 Å². The van der Waals surface area contributed by atoms with Crippen molar-refractivity contribution in [1.82, 2.24) is 9.97 Å². The van der Waals surface area contributed by atoms with E-state index in [-0.39, 0.29) is 5.91 Å². The molecule has 2 N–H and O–H groups in total. The van der Waals surface area contributed by atoms with E-state index in [1.807, 2.05) is 56.3 Å². The first kappa shape index (κ1) is 19.2. The van der Waals surface area contributed by atoms with E-state index in [1.54, 1.807) is 31.4 Å². The normalized spacial score (nSPS) is 10.3. The van der Waals surface area contributed by atoms with Crippen molar-refractivity contribution in [1.29, 1.82) is 0 Å². The number of amides is 1. The summed E-state index contributed by atoms with van der Waals surface area (Å²) < 4.78 is 5.16. The molecule has 28 heavy (non-hydrogen) atoms. The van der Waals surface area contributed by atoms with Gasteiger partial charge in [0.15, 0.2) is 0 Å². The molecule has 0 fully saturated rings. The lowest BCUT2D eigenvalue weighted by atomic mass is 10.2. The largest absolute Gasteiger partial charge is 0.497 e. The summed E-state index contributed by atoms with van der Waals surface area (Å²) >= 11 is 0. The molecule has 0 spiro atoms. The predicted octanol–water partition coefficient (Wildman–Crippen LogP) is 3.86. The van der Waals surface area contributed by atoms with Crippen LogP contribution in [0.2, 0.25) is 0 Å². The quantitative estimate of drug-likeness (QED) is 0.679. The Kier molecular flexibility index (Phi) is 5.74. The van der Waals surface area contributed by atoms with Gasteiger partial charge in [-0.1, -0.05) is 6.07 Å². The number of aryl methyl sites for hydroxylation is 1.